The summed E-state index contributed by atoms with van der Waals surface area (Å²) in [6, 6.07) is 6.65. The maximum absolute atomic E-state index is 14.0. The molecule has 2 aliphatic heterocycles. The Morgan fingerprint density at radius 2 is 1.90 bits per heavy atom. The first-order valence-electron chi connectivity index (χ1n) is 10.7. The quantitative estimate of drug-likeness (QED) is 0.696. The highest BCUT2D eigenvalue weighted by Crippen LogP contribution is 2.26. The predicted octanol–water partition coefficient (Wildman–Crippen LogP) is 1.79. The van der Waals surface area contributed by atoms with E-state index in [1.165, 1.54) is 22.9 Å². The van der Waals surface area contributed by atoms with Crippen LogP contribution >= 0.6 is 0 Å². The molecule has 2 aromatic rings. The van der Waals surface area contributed by atoms with Gasteiger partial charge in [-0.25, -0.2) is 17.8 Å². The summed E-state index contributed by atoms with van der Waals surface area (Å²) in [5.41, 5.74) is 0.552. The summed E-state index contributed by atoms with van der Waals surface area (Å²) in [6.45, 7) is 5.22. The molecule has 1 aromatic heterocycles. The number of amides is 1. The number of rotatable bonds is 5. The summed E-state index contributed by atoms with van der Waals surface area (Å²) in [6.07, 6.45) is 4.35. The zero-order valence-electron chi connectivity index (χ0n) is 17.7. The number of piperazine rings is 1. The van der Waals surface area contributed by atoms with Gasteiger partial charge in [-0.15, -0.1) is 0 Å². The molecule has 0 radical (unpaired) electrons. The third kappa shape index (κ3) is 4.45. The molecule has 0 bridgehead atoms. The van der Waals surface area contributed by atoms with Crippen LogP contribution in [0.1, 0.15) is 19.8 Å². The Morgan fingerprint density at radius 3 is 2.58 bits per heavy atom. The first-order chi connectivity index (χ1) is 14.9. The Morgan fingerprint density at radius 1 is 1.16 bits per heavy atom. The molecular formula is C21H28FN5O3S. The van der Waals surface area contributed by atoms with E-state index in [9.17, 15) is 17.6 Å². The van der Waals surface area contributed by atoms with E-state index in [4.69, 9.17) is 0 Å². The minimum Gasteiger partial charge on any atom is -0.366 e. The highest BCUT2D eigenvalue weighted by Gasteiger charge is 2.36. The van der Waals surface area contributed by atoms with Gasteiger partial charge in [0.05, 0.1) is 17.9 Å². The molecule has 1 unspecified atom stereocenters. The van der Waals surface area contributed by atoms with Crippen LogP contribution in [-0.2, 0) is 21.4 Å². The van der Waals surface area contributed by atoms with Crippen LogP contribution in [0.5, 0.6) is 0 Å². The smallest absolute Gasteiger partial charge is 0.262 e. The number of anilines is 1. The Kier molecular flexibility index (Phi) is 6.29. The van der Waals surface area contributed by atoms with Crippen molar-refractivity contribution in [1.29, 1.82) is 0 Å². The van der Waals surface area contributed by atoms with Crippen molar-refractivity contribution in [3.05, 3.63) is 42.6 Å². The van der Waals surface area contributed by atoms with Crippen LogP contribution in [0.25, 0.3) is 0 Å². The number of halogens is 1. The molecule has 1 atom stereocenters. The van der Waals surface area contributed by atoms with Gasteiger partial charge in [-0.05, 0) is 31.9 Å². The van der Waals surface area contributed by atoms with Crippen LogP contribution in [0.4, 0.5) is 10.1 Å². The first kappa shape index (κ1) is 21.8. The number of benzene rings is 1. The highest BCUT2D eigenvalue weighted by molar-refractivity contribution is 7.89. The van der Waals surface area contributed by atoms with Gasteiger partial charge in [0, 0.05) is 52.0 Å². The molecule has 2 saturated heterocycles. The van der Waals surface area contributed by atoms with E-state index in [0.29, 0.717) is 57.8 Å². The number of nitrogens with zero attached hydrogens (tertiary/aromatic N) is 5. The maximum Gasteiger partial charge on any atom is 0.262 e. The van der Waals surface area contributed by atoms with Crippen molar-refractivity contribution in [3.8, 4) is 0 Å². The Hall–Kier alpha value is -2.46. The average Bonchev–Trinajstić information content (AvgIpc) is 3.30. The summed E-state index contributed by atoms with van der Waals surface area (Å²) < 4.78 is 43.1. The topological polar surface area (TPSA) is 78.8 Å². The standard InChI is InChI=1S/C21H28FN5O3S/c1-2-24-15-20(23-16-24)31(29,30)27-9-5-6-17(14-27)21(28)26-12-10-25(11-13-26)19-8-4-3-7-18(19)22/h3-4,7-8,15-17H,2,5-6,9-14H2,1H3. The van der Waals surface area contributed by atoms with Gasteiger partial charge in [-0.3, -0.25) is 4.79 Å². The normalized spacial score (nSPS) is 20.8. The summed E-state index contributed by atoms with van der Waals surface area (Å²) in [5, 5.41) is 0.0287. The molecule has 0 aliphatic carbocycles. The van der Waals surface area contributed by atoms with Crippen molar-refractivity contribution in [1.82, 2.24) is 18.8 Å². The number of imidazole rings is 1. The molecule has 10 heteroatoms. The molecule has 8 nitrogen and oxygen atoms in total. The number of piperidine rings is 1. The zero-order chi connectivity index (χ0) is 22.0. The third-order valence-corrected chi connectivity index (χ3v) is 7.85. The lowest BCUT2D eigenvalue weighted by Gasteiger charge is -2.39. The van der Waals surface area contributed by atoms with E-state index in [1.807, 2.05) is 11.8 Å². The number of carbonyl (C=O) groups excluding carboxylic acids is 1. The molecule has 168 valence electrons. The largest absolute Gasteiger partial charge is 0.366 e. The van der Waals surface area contributed by atoms with Gasteiger partial charge in [0.1, 0.15) is 5.82 Å². The van der Waals surface area contributed by atoms with Crippen molar-refractivity contribution in [2.75, 3.05) is 44.2 Å². The molecular weight excluding hydrogens is 421 g/mol. The fraction of sp³-hybridized carbons (Fsp3) is 0.524. The second kappa shape index (κ2) is 8.96. The molecule has 2 fully saturated rings. The Bertz CT molecular complexity index is 1030. The van der Waals surface area contributed by atoms with Gasteiger partial charge in [-0.1, -0.05) is 12.1 Å². The molecule has 2 aliphatic rings. The predicted molar refractivity (Wildman–Crippen MR) is 115 cm³/mol. The number of hydrogen-bond donors (Lipinski definition) is 0. The second-order valence-corrected chi connectivity index (χ2v) is 9.89. The van der Waals surface area contributed by atoms with Crippen LogP contribution in [0.2, 0.25) is 0 Å². The van der Waals surface area contributed by atoms with Gasteiger partial charge in [-0.2, -0.15) is 4.31 Å². The lowest BCUT2D eigenvalue weighted by Crippen LogP contribution is -2.53. The molecule has 0 spiro atoms. The van der Waals surface area contributed by atoms with E-state index >= 15 is 0 Å². The summed E-state index contributed by atoms with van der Waals surface area (Å²) >= 11 is 0. The Balaban J connectivity index is 1.39. The van der Waals surface area contributed by atoms with E-state index in [-0.39, 0.29) is 29.2 Å². The lowest BCUT2D eigenvalue weighted by atomic mass is 9.97. The third-order valence-electron chi connectivity index (χ3n) is 6.10. The molecule has 31 heavy (non-hydrogen) atoms. The maximum atomic E-state index is 14.0. The van der Waals surface area contributed by atoms with Gasteiger partial charge in [0.25, 0.3) is 10.0 Å². The summed E-state index contributed by atoms with van der Waals surface area (Å²) in [7, 11) is -3.72. The van der Waals surface area contributed by atoms with Gasteiger partial charge < -0.3 is 14.4 Å². The fourth-order valence-electron chi connectivity index (χ4n) is 4.27. The molecule has 0 saturated carbocycles. The van der Waals surface area contributed by atoms with Crippen LogP contribution in [0.15, 0.2) is 41.8 Å². The zero-order valence-corrected chi connectivity index (χ0v) is 18.5. The minimum atomic E-state index is -3.72. The fourth-order valence-corrected chi connectivity index (χ4v) is 5.73. The molecule has 1 amide bonds. The number of sulfonamides is 1. The van der Waals surface area contributed by atoms with Crippen molar-refractivity contribution in [3.63, 3.8) is 0 Å². The van der Waals surface area contributed by atoms with E-state index in [2.05, 4.69) is 4.98 Å². The highest BCUT2D eigenvalue weighted by atomic mass is 32.2. The molecule has 3 heterocycles. The van der Waals surface area contributed by atoms with E-state index < -0.39 is 10.0 Å². The van der Waals surface area contributed by atoms with Crippen LogP contribution in [-0.4, -0.2) is 72.3 Å². The summed E-state index contributed by atoms with van der Waals surface area (Å²) in [5.74, 6) is -0.648. The van der Waals surface area contributed by atoms with E-state index in [1.54, 1.807) is 27.7 Å². The number of aromatic nitrogens is 2. The van der Waals surface area contributed by atoms with Gasteiger partial charge in [0.15, 0.2) is 5.03 Å². The number of carbonyl (C=O) groups is 1. The number of para-hydroxylation sites is 1. The van der Waals surface area contributed by atoms with E-state index in [0.717, 1.165) is 0 Å². The number of hydrogen-bond acceptors (Lipinski definition) is 5. The molecule has 0 N–H and O–H groups in total. The van der Waals surface area contributed by atoms with Gasteiger partial charge >= 0.3 is 0 Å². The first-order valence-corrected chi connectivity index (χ1v) is 12.1. The molecule has 4 rings (SSSR count). The lowest BCUT2D eigenvalue weighted by molar-refractivity contribution is -0.137. The van der Waals surface area contributed by atoms with Crippen LogP contribution in [0.3, 0.4) is 0 Å². The monoisotopic (exact) mass is 449 g/mol. The average molecular weight is 450 g/mol. The minimum absolute atomic E-state index is 0.0211. The second-order valence-electron chi connectivity index (χ2n) is 8.01. The van der Waals surface area contributed by atoms with Crippen LogP contribution < -0.4 is 4.90 Å². The summed E-state index contributed by atoms with van der Waals surface area (Å²) in [4.78, 5) is 20.9. The van der Waals surface area contributed by atoms with Crippen molar-refractivity contribution >= 4 is 21.6 Å². The number of aryl methyl sites for hydroxylation is 1. The van der Waals surface area contributed by atoms with Gasteiger partial charge in [0.2, 0.25) is 5.91 Å². The SMILES string of the molecule is CCn1cnc(S(=O)(=O)N2CCCC(C(=O)N3CCN(c4ccccc4F)CC3)C2)c1. The Labute approximate surface area is 182 Å². The van der Waals surface area contributed by atoms with Crippen molar-refractivity contribution < 1.29 is 17.6 Å². The van der Waals surface area contributed by atoms with Crippen LogP contribution in [0, 0.1) is 11.7 Å². The van der Waals surface area contributed by atoms with Crippen molar-refractivity contribution in [2.45, 2.75) is 31.3 Å². The van der Waals surface area contributed by atoms with Crippen molar-refractivity contribution in [2.24, 2.45) is 5.92 Å². The molecule has 1 aromatic carbocycles.